The summed E-state index contributed by atoms with van der Waals surface area (Å²) in [7, 11) is 0. The van der Waals surface area contributed by atoms with Crippen molar-refractivity contribution in [3.8, 4) is 39.3 Å². The highest BCUT2D eigenvalue weighted by Crippen LogP contribution is 2.57. The molecular formula is C44H30N2. The van der Waals surface area contributed by atoms with Crippen molar-refractivity contribution in [3.05, 3.63) is 204 Å². The predicted molar refractivity (Wildman–Crippen MR) is 189 cm³/mol. The van der Waals surface area contributed by atoms with E-state index in [-0.39, 0.29) is 0 Å². The molecule has 46 heavy (non-hydrogen) atoms. The molecule has 0 unspecified atom stereocenters. The van der Waals surface area contributed by atoms with Gasteiger partial charge < -0.3 is 4.57 Å². The van der Waals surface area contributed by atoms with Crippen LogP contribution in [0, 0.1) is 0 Å². The molecule has 1 aliphatic rings. The van der Waals surface area contributed by atoms with Crippen molar-refractivity contribution in [3.63, 3.8) is 0 Å². The largest absolute Gasteiger partial charge is 0.301 e. The Morgan fingerprint density at radius 2 is 1.04 bits per heavy atom. The third-order valence-corrected chi connectivity index (χ3v) is 9.51. The van der Waals surface area contributed by atoms with E-state index in [1.807, 2.05) is 0 Å². The molecule has 0 saturated carbocycles. The summed E-state index contributed by atoms with van der Waals surface area (Å²) in [4.78, 5) is 5.32. The molecule has 2 heterocycles. The molecule has 8 aromatic rings. The van der Waals surface area contributed by atoms with Gasteiger partial charge >= 0.3 is 0 Å². The second-order valence-electron chi connectivity index (χ2n) is 12.0. The molecule has 0 saturated heterocycles. The van der Waals surface area contributed by atoms with Crippen molar-refractivity contribution < 1.29 is 0 Å². The SMILES string of the molecule is c1ccc(-c2cc(-c3ccccc3)nc(-n3ccc4ccc5c(c43)-c3ccccc3C5(c3ccccc3)c3ccccc3)c2)cc1. The number of hydrogen-bond donors (Lipinski definition) is 0. The van der Waals surface area contributed by atoms with Crippen LogP contribution in [0.1, 0.15) is 22.3 Å². The molecule has 0 spiro atoms. The van der Waals surface area contributed by atoms with E-state index in [0.717, 1.165) is 22.6 Å². The zero-order valence-electron chi connectivity index (χ0n) is 25.2. The monoisotopic (exact) mass is 586 g/mol. The molecule has 0 radical (unpaired) electrons. The molecule has 1 aliphatic carbocycles. The van der Waals surface area contributed by atoms with Crippen LogP contribution in [0.25, 0.3) is 50.2 Å². The maximum Gasteiger partial charge on any atom is 0.138 e. The lowest BCUT2D eigenvalue weighted by Gasteiger charge is -2.33. The van der Waals surface area contributed by atoms with Crippen molar-refractivity contribution in [2.45, 2.75) is 5.41 Å². The second-order valence-corrected chi connectivity index (χ2v) is 12.0. The van der Waals surface area contributed by atoms with Crippen molar-refractivity contribution in [2.75, 3.05) is 0 Å². The summed E-state index contributed by atoms with van der Waals surface area (Å²) < 4.78 is 2.30. The van der Waals surface area contributed by atoms with E-state index in [1.165, 1.54) is 49.8 Å². The summed E-state index contributed by atoms with van der Waals surface area (Å²) in [6.45, 7) is 0. The number of rotatable bonds is 5. The highest BCUT2D eigenvalue weighted by atomic mass is 15.1. The molecule has 0 atom stereocenters. The maximum absolute atomic E-state index is 5.32. The Balaban J connectivity index is 1.37. The third-order valence-electron chi connectivity index (χ3n) is 9.51. The molecule has 2 aromatic heterocycles. The molecule has 6 aromatic carbocycles. The lowest BCUT2D eigenvalue weighted by Crippen LogP contribution is -2.28. The van der Waals surface area contributed by atoms with Crippen LogP contribution in [-0.4, -0.2) is 9.55 Å². The minimum Gasteiger partial charge on any atom is -0.301 e. The number of aromatic nitrogens is 2. The van der Waals surface area contributed by atoms with Gasteiger partial charge in [-0.2, -0.15) is 0 Å². The molecule has 0 aliphatic heterocycles. The minimum atomic E-state index is -0.452. The number of fused-ring (bicyclic) bond motifs is 5. The number of nitrogens with zero attached hydrogens (tertiary/aromatic N) is 2. The second kappa shape index (κ2) is 10.6. The maximum atomic E-state index is 5.32. The zero-order valence-corrected chi connectivity index (χ0v) is 25.2. The fourth-order valence-corrected chi connectivity index (χ4v) is 7.54. The van der Waals surface area contributed by atoms with Gasteiger partial charge in [-0.25, -0.2) is 4.98 Å². The van der Waals surface area contributed by atoms with Gasteiger partial charge in [-0.1, -0.05) is 158 Å². The van der Waals surface area contributed by atoms with Crippen LogP contribution in [0.5, 0.6) is 0 Å². The van der Waals surface area contributed by atoms with Gasteiger partial charge in [-0.15, -0.1) is 0 Å². The van der Waals surface area contributed by atoms with Gasteiger partial charge in [-0.05, 0) is 57.1 Å². The van der Waals surface area contributed by atoms with Crippen LogP contribution < -0.4 is 0 Å². The Morgan fingerprint density at radius 1 is 0.457 bits per heavy atom. The van der Waals surface area contributed by atoms with E-state index in [0.29, 0.717) is 0 Å². The summed E-state index contributed by atoms with van der Waals surface area (Å²) in [6.07, 6.45) is 2.18. The van der Waals surface area contributed by atoms with Gasteiger partial charge in [0.05, 0.1) is 16.6 Å². The zero-order chi connectivity index (χ0) is 30.5. The highest BCUT2D eigenvalue weighted by molar-refractivity contribution is 6.03. The van der Waals surface area contributed by atoms with E-state index in [1.54, 1.807) is 0 Å². The molecule has 2 heteroatoms. The van der Waals surface area contributed by atoms with Crippen molar-refractivity contribution in [1.82, 2.24) is 9.55 Å². The fourth-order valence-electron chi connectivity index (χ4n) is 7.54. The Kier molecular flexibility index (Phi) is 6.07. The average molecular weight is 587 g/mol. The Bertz CT molecular complexity index is 2240. The lowest BCUT2D eigenvalue weighted by molar-refractivity contribution is 0.769. The van der Waals surface area contributed by atoms with Gasteiger partial charge in [-0.3, -0.25) is 0 Å². The topological polar surface area (TPSA) is 17.8 Å². The Labute approximate surface area is 268 Å². The first-order chi connectivity index (χ1) is 22.8. The lowest BCUT2D eigenvalue weighted by atomic mass is 9.67. The summed E-state index contributed by atoms with van der Waals surface area (Å²) in [5.41, 5.74) is 12.7. The highest BCUT2D eigenvalue weighted by Gasteiger charge is 2.46. The van der Waals surface area contributed by atoms with E-state index in [2.05, 4.69) is 187 Å². The van der Waals surface area contributed by atoms with E-state index >= 15 is 0 Å². The van der Waals surface area contributed by atoms with Crippen molar-refractivity contribution in [2.24, 2.45) is 0 Å². The summed E-state index contributed by atoms with van der Waals surface area (Å²) in [5, 5.41) is 1.19. The van der Waals surface area contributed by atoms with Gasteiger partial charge in [0.25, 0.3) is 0 Å². The first-order valence-corrected chi connectivity index (χ1v) is 15.8. The Hall–Kier alpha value is -5.99. The molecule has 216 valence electrons. The van der Waals surface area contributed by atoms with Crippen LogP contribution in [0.2, 0.25) is 0 Å². The average Bonchev–Trinajstić information content (AvgIpc) is 3.71. The fraction of sp³-hybridized carbons (Fsp3) is 0.0227. The van der Waals surface area contributed by atoms with Crippen molar-refractivity contribution >= 4 is 10.9 Å². The molecule has 9 rings (SSSR count). The normalized spacial score (nSPS) is 13.0. The molecular weight excluding hydrogens is 556 g/mol. The summed E-state index contributed by atoms with van der Waals surface area (Å²) in [5.74, 6) is 0.901. The van der Waals surface area contributed by atoms with Crippen molar-refractivity contribution in [1.29, 1.82) is 0 Å². The molecule has 0 bridgehead atoms. The van der Waals surface area contributed by atoms with E-state index in [9.17, 15) is 0 Å². The number of benzene rings is 6. The first kappa shape index (κ1) is 26.4. The third kappa shape index (κ3) is 3.94. The van der Waals surface area contributed by atoms with Gasteiger partial charge in [0, 0.05) is 22.7 Å². The standard InChI is InChI=1S/C44H30N2/c1-5-15-31(16-6-1)34-29-40(32-17-7-2-8-18-32)45-41(30-34)46-28-27-33-25-26-39-42(43(33)46)37-23-13-14-24-38(37)44(39,35-19-9-3-10-20-35)36-21-11-4-12-22-36/h1-30H. The van der Waals surface area contributed by atoms with Gasteiger partial charge in [0.15, 0.2) is 0 Å². The quantitative estimate of drug-likeness (QED) is 0.196. The number of pyridine rings is 1. The molecule has 0 N–H and O–H groups in total. The minimum absolute atomic E-state index is 0.452. The van der Waals surface area contributed by atoms with Crippen LogP contribution >= 0.6 is 0 Å². The first-order valence-electron chi connectivity index (χ1n) is 15.8. The summed E-state index contributed by atoms with van der Waals surface area (Å²) in [6, 6.07) is 63.3. The predicted octanol–water partition coefficient (Wildman–Crippen LogP) is 10.7. The van der Waals surface area contributed by atoms with Crippen LogP contribution in [-0.2, 0) is 5.41 Å². The molecule has 0 fully saturated rings. The summed E-state index contributed by atoms with van der Waals surface area (Å²) >= 11 is 0. The smallest absolute Gasteiger partial charge is 0.138 e. The van der Waals surface area contributed by atoms with Gasteiger partial charge in [0.2, 0.25) is 0 Å². The van der Waals surface area contributed by atoms with E-state index in [4.69, 9.17) is 4.98 Å². The van der Waals surface area contributed by atoms with Gasteiger partial charge in [0.1, 0.15) is 5.82 Å². The van der Waals surface area contributed by atoms with Crippen LogP contribution in [0.15, 0.2) is 182 Å². The molecule has 2 nitrogen and oxygen atoms in total. The number of hydrogen-bond acceptors (Lipinski definition) is 1. The molecule has 0 amide bonds. The van der Waals surface area contributed by atoms with Crippen LogP contribution in [0.4, 0.5) is 0 Å². The van der Waals surface area contributed by atoms with Crippen LogP contribution in [0.3, 0.4) is 0 Å². The van der Waals surface area contributed by atoms with E-state index < -0.39 is 5.41 Å². The Morgan fingerprint density at radius 3 is 1.72 bits per heavy atom.